The molecule has 5 nitrogen and oxygen atoms in total. The second-order valence-corrected chi connectivity index (χ2v) is 5.00. The van der Waals surface area contributed by atoms with Crippen LogP contribution in [0.3, 0.4) is 0 Å². The Morgan fingerprint density at radius 1 is 0.870 bits per heavy atom. The van der Waals surface area contributed by atoms with E-state index in [1.807, 2.05) is 63.7 Å². The van der Waals surface area contributed by atoms with Gasteiger partial charge in [0, 0.05) is 6.54 Å². The molecule has 0 bridgehead atoms. The molecule has 3 aromatic rings. The Hall–Kier alpha value is -2.24. The first-order chi connectivity index (χ1) is 10.8. The first-order valence-corrected chi connectivity index (χ1v) is 7.32. The Bertz CT molecular complexity index is 812. The zero-order valence-corrected chi connectivity index (χ0v) is 13.4. The van der Waals surface area contributed by atoms with Crippen molar-refractivity contribution in [3.05, 3.63) is 60.2 Å². The average molecular weight is 333 g/mol. The Balaban J connectivity index is 0.00000192. The number of ether oxygens (including phenoxy) is 1. The molecule has 0 amide bonds. The smallest absolute Gasteiger partial charge is 0.203 e. The summed E-state index contributed by atoms with van der Waals surface area (Å²) in [5.74, 6) is 0.828. The van der Waals surface area contributed by atoms with E-state index in [0.29, 0.717) is 25.3 Å². The van der Waals surface area contributed by atoms with Crippen LogP contribution in [0.1, 0.15) is 0 Å². The normalized spacial score (nSPS) is 10.5. The zero-order valence-electron chi connectivity index (χ0n) is 12.7. The largest absolute Gasteiger partial charge is 1.00 e. The number of nitrogens with one attached hydrogen (secondary N) is 1. The number of aliphatic hydroxyl groups is 1. The summed E-state index contributed by atoms with van der Waals surface area (Å²) in [5, 5.41) is 17.5. The number of hydrogen-bond acceptors (Lipinski definition) is 3. The summed E-state index contributed by atoms with van der Waals surface area (Å²) in [6.45, 7) is 1.53. The van der Waals surface area contributed by atoms with Gasteiger partial charge < -0.3 is 31.4 Å². The number of aromatic nitrogens is 2. The minimum Gasteiger partial charge on any atom is -1.00 e. The summed E-state index contributed by atoms with van der Waals surface area (Å²) in [4.78, 5) is 0. The highest BCUT2D eigenvalue weighted by Crippen LogP contribution is 2.13. The molecule has 2 aromatic carbocycles. The molecule has 1 heterocycles. The van der Waals surface area contributed by atoms with Gasteiger partial charge in [0.15, 0.2) is 0 Å². The van der Waals surface area contributed by atoms with E-state index < -0.39 is 0 Å². The lowest BCUT2D eigenvalue weighted by atomic mass is 10.3. The molecular weight excluding hydrogens is 314 g/mol. The molecule has 23 heavy (non-hydrogen) atoms. The molecule has 0 fully saturated rings. The molecule has 1 aromatic heterocycles. The Morgan fingerprint density at radius 3 is 2.04 bits per heavy atom. The van der Waals surface area contributed by atoms with Gasteiger partial charge >= 0.3 is 0 Å². The van der Waals surface area contributed by atoms with Crippen molar-refractivity contribution in [2.24, 2.45) is 0 Å². The topological polar surface area (TPSA) is 63.2 Å². The average Bonchev–Trinajstić information content (AvgIpc) is 2.82. The molecule has 6 heteroatoms. The minimum absolute atomic E-state index is 0. The van der Waals surface area contributed by atoms with Crippen LogP contribution in [0.25, 0.3) is 11.0 Å². The maximum atomic E-state index is 9.20. The minimum atomic E-state index is 0. The van der Waals surface area contributed by atoms with E-state index in [1.165, 1.54) is 0 Å². The number of nitrogens with zero attached hydrogens (tertiary/aromatic N) is 2. The molecule has 122 valence electrons. The van der Waals surface area contributed by atoms with Gasteiger partial charge in [-0.15, -0.1) is 0 Å². The molecular formula is C17H19ClN3O2-. The van der Waals surface area contributed by atoms with Crippen molar-refractivity contribution >= 4 is 11.0 Å². The molecule has 0 unspecified atom stereocenters. The fraction of sp³-hybridized carbons (Fsp3) is 0.235. The van der Waals surface area contributed by atoms with E-state index in [4.69, 9.17) is 10.1 Å². The number of benzene rings is 2. The van der Waals surface area contributed by atoms with Gasteiger partial charge in [-0.3, -0.25) is 5.41 Å². The first kappa shape index (κ1) is 17.1. The highest BCUT2D eigenvalue weighted by molar-refractivity contribution is 5.75. The van der Waals surface area contributed by atoms with Gasteiger partial charge in [0.05, 0.1) is 24.2 Å². The van der Waals surface area contributed by atoms with Crippen molar-refractivity contribution < 1.29 is 22.3 Å². The monoisotopic (exact) mass is 332 g/mol. The van der Waals surface area contributed by atoms with Crippen molar-refractivity contribution in [2.75, 3.05) is 13.2 Å². The number of fused-ring (bicyclic) bond motifs is 1. The van der Waals surface area contributed by atoms with Crippen LogP contribution >= 0.6 is 0 Å². The predicted molar refractivity (Wildman–Crippen MR) is 84.8 cm³/mol. The number of hydrogen-bond donors (Lipinski definition) is 2. The van der Waals surface area contributed by atoms with Crippen LogP contribution in [0.15, 0.2) is 54.6 Å². The Kier molecular flexibility index (Phi) is 5.84. The van der Waals surface area contributed by atoms with Crippen LogP contribution in [-0.2, 0) is 13.1 Å². The maximum absolute atomic E-state index is 9.20. The summed E-state index contributed by atoms with van der Waals surface area (Å²) in [6, 6.07) is 17.5. The van der Waals surface area contributed by atoms with Gasteiger partial charge in [0.25, 0.3) is 0 Å². The summed E-state index contributed by atoms with van der Waals surface area (Å²) in [7, 11) is 0. The van der Waals surface area contributed by atoms with Crippen LogP contribution in [0.2, 0.25) is 0 Å². The highest BCUT2D eigenvalue weighted by atomic mass is 35.5. The standard InChI is InChI=1S/C17H19N3O2.ClH/c18-17-19(10-12-21)15-8-4-5-9-16(15)20(17)11-13-22-14-6-2-1-3-7-14;/h1-9,18,21H,10-13H2;1H/p-1. The van der Waals surface area contributed by atoms with E-state index in [9.17, 15) is 5.11 Å². The lowest BCUT2D eigenvalue weighted by Gasteiger charge is -2.07. The third-order valence-electron chi connectivity index (χ3n) is 3.63. The third-order valence-corrected chi connectivity index (χ3v) is 3.63. The highest BCUT2D eigenvalue weighted by Gasteiger charge is 2.09. The SMILES string of the molecule is N=c1n(CCO)c2ccccc2n1CCOc1ccccc1.[Cl-]. The molecule has 0 saturated carbocycles. The van der Waals surface area contributed by atoms with Crippen LogP contribution in [0.5, 0.6) is 5.75 Å². The Morgan fingerprint density at radius 2 is 1.43 bits per heavy atom. The Labute approximate surface area is 140 Å². The van der Waals surface area contributed by atoms with Crippen LogP contribution in [-0.4, -0.2) is 27.5 Å². The summed E-state index contributed by atoms with van der Waals surface area (Å²) < 4.78 is 9.45. The number of aliphatic hydroxyl groups excluding tert-OH is 1. The molecule has 0 aliphatic rings. The maximum Gasteiger partial charge on any atom is 0.203 e. The van der Waals surface area contributed by atoms with Gasteiger partial charge in [-0.1, -0.05) is 30.3 Å². The number of halogens is 1. The lowest BCUT2D eigenvalue weighted by Crippen LogP contribution is -3.00. The van der Waals surface area contributed by atoms with Gasteiger partial charge in [-0.05, 0) is 24.3 Å². The third kappa shape index (κ3) is 3.57. The summed E-state index contributed by atoms with van der Waals surface area (Å²) in [5.41, 5.74) is 2.32. The lowest BCUT2D eigenvalue weighted by molar-refractivity contribution is -0.00000624. The van der Waals surface area contributed by atoms with Crippen molar-refractivity contribution in [2.45, 2.75) is 13.1 Å². The van der Waals surface area contributed by atoms with Gasteiger partial charge in [-0.25, -0.2) is 0 Å². The molecule has 0 spiro atoms. The van der Waals surface area contributed by atoms with E-state index in [2.05, 4.69) is 0 Å². The van der Waals surface area contributed by atoms with Crippen LogP contribution < -0.4 is 22.8 Å². The van der Waals surface area contributed by atoms with Crippen LogP contribution in [0.4, 0.5) is 0 Å². The first-order valence-electron chi connectivity index (χ1n) is 7.32. The van der Waals surface area contributed by atoms with Crippen LogP contribution in [0, 0.1) is 5.41 Å². The van der Waals surface area contributed by atoms with E-state index in [1.54, 1.807) is 0 Å². The zero-order chi connectivity index (χ0) is 15.4. The quantitative estimate of drug-likeness (QED) is 0.608. The number of para-hydroxylation sites is 3. The number of rotatable bonds is 6. The fourth-order valence-electron chi connectivity index (χ4n) is 2.62. The van der Waals surface area contributed by atoms with E-state index in [0.717, 1.165) is 16.8 Å². The molecule has 0 aliphatic carbocycles. The predicted octanol–water partition coefficient (Wildman–Crippen LogP) is -1.00. The molecule has 0 radical (unpaired) electrons. The van der Waals surface area contributed by atoms with E-state index >= 15 is 0 Å². The van der Waals surface area contributed by atoms with Gasteiger partial charge in [0.2, 0.25) is 5.62 Å². The molecule has 0 saturated heterocycles. The molecule has 3 rings (SSSR count). The van der Waals surface area contributed by atoms with Crippen molar-refractivity contribution in [1.29, 1.82) is 5.41 Å². The van der Waals surface area contributed by atoms with Crippen molar-refractivity contribution in [1.82, 2.24) is 9.13 Å². The fourth-order valence-corrected chi connectivity index (χ4v) is 2.62. The van der Waals surface area contributed by atoms with Gasteiger partial charge in [-0.2, -0.15) is 0 Å². The van der Waals surface area contributed by atoms with Crippen molar-refractivity contribution in [3.8, 4) is 5.75 Å². The summed E-state index contributed by atoms with van der Waals surface area (Å²) >= 11 is 0. The van der Waals surface area contributed by atoms with Gasteiger partial charge in [0.1, 0.15) is 12.4 Å². The molecule has 0 atom stereocenters. The second kappa shape index (κ2) is 7.85. The number of imidazole rings is 1. The second-order valence-electron chi connectivity index (χ2n) is 5.00. The molecule has 2 N–H and O–H groups in total. The van der Waals surface area contributed by atoms with Crippen molar-refractivity contribution in [3.63, 3.8) is 0 Å². The molecule has 0 aliphatic heterocycles. The van der Waals surface area contributed by atoms with E-state index in [-0.39, 0.29) is 19.0 Å². The summed E-state index contributed by atoms with van der Waals surface area (Å²) in [6.07, 6.45) is 0.